The number of halogens is 1. The number of benzene rings is 1. The highest BCUT2D eigenvalue weighted by Crippen LogP contribution is 2.30. The predicted octanol–water partition coefficient (Wildman–Crippen LogP) is 1.40. The minimum absolute atomic E-state index is 0.0910. The number of morpholine rings is 1. The number of piperazine rings is 1. The van der Waals surface area contributed by atoms with Crippen molar-refractivity contribution in [3.63, 3.8) is 0 Å². The molecule has 1 amide bonds. The van der Waals surface area contributed by atoms with E-state index in [-0.39, 0.29) is 11.7 Å². The second-order valence-electron chi connectivity index (χ2n) is 8.65. The molecule has 3 aliphatic heterocycles. The lowest BCUT2D eigenvalue weighted by molar-refractivity contribution is 0.0733. The van der Waals surface area contributed by atoms with E-state index in [0.29, 0.717) is 38.3 Å². The molecule has 0 unspecified atom stereocenters. The first-order valence-electron chi connectivity index (χ1n) is 11.3. The average Bonchev–Trinajstić information content (AvgIpc) is 2.84. The summed E-state index contributed by atoms with van der Waals surface area (Å²) in [6.45, 7) is 7.74. The highest BCUT2D eigenvalue weighted by Gasteiger charge is 2.30. The molecule has 1 aromatic carbocycles. The quantitative estimate of drug-likeness (QED) is 0.715. The van der Waals surface area contributed by atoms with E-state index in [2.05, 4.69) is 21.7 Å². The van der Waals surface area contributed by atoms with Crippen molar-refractivity contribution in [1.82, 2.24) is 19.8 Å². The minimum Gasteiger partial charge on any atom is -0.378 e. The van der Waals surface area contributed by atoms with E-state index in [0.717, 1.165) is 62.3 Å². The van der Waals surface area contributed by atoms with Crippen LogP contribution in [0.5, 0.6) is 0 Å². The summed E-state index contributed by atoms with van der Waals surface area (Å²) in [7, 11) is 2.14. The van der Waals surface area contributed by atoms with Gasteiger partial charge in [0.05, 0.1) is 25.5 Å². The van der Waals surface area contributed by atoms with E-state index in [1.54, 1.807) is 12.1 Å². The second kappa shape index (κ2) is 8.99. The van der Waals surface area contributed by atoms with Gasteiger partial charge in [-0.05, 0) is 31.3 Å². The zero-order valence-electron chi connectivity index (χ0n) is 18.5. The fourth-order valence-electron chi connectivity index (χ4n) is 4.52. The smallest absolute Gasteiger partial charge is 0.254 e. The van der Waals surface area contributed by atoms with Crippen LogP contribution in [0.1, 0.15) is 21.6 Å². The standard InChI is InChI=1S/C23H29FN6O2/c1-27-8-10-29(11-9-27)23-25-20-6-7-30(22(31)17-2-4-18(24)5-3-17)16-19(20)21(26-23)28-12-14-32-15-13-28/h2-5H,6-16H2,1H3. The number of amides is 1. The van der Waals surface area contributed by atoms with Gasteiger partial charge in [0.2, 0.25) is 5.95 Å². The minimum atomic E-state index is -0.343. The van der Waals surface area contributed by atoms with Crippen LogP contribution in [0.2, 0.25) is 0 Å². The fraction of sp³-hybridized carbons (Fsp3) is 0.522. The van der Waals surface area contributed by atoms with Crippen LogP contribution >= 0.6 is 0 Å². The maximum Gasteiger partial charge on any atom is 0.254 e. The Labute approximate surface area is 187 Å². The Morgan fingerprint density at radius 3 is 2.38 bits per heavy atom. The highest BCUT2D eigenvalue weighted by molar-refractivity contribution is 5.94. The Bertz CT molecular complexity index is 971. The van der Waals surface area contributed by atoms with Gasteiger partial charge in [-0.25, -0.2) is 9.37 Å². The van der Waals surface area contributed by atoms with E-state index in [9.17, 15) is 9.18 Å². The molecule has 170 valence electrons. The molecule has 0 aliphatic carbocycles. The summed E-state index contributed by atoms with van der Waals surface area (Å²) < 4.78 is 18.9. The number of anilines is 2. The van der Waals surface area contributed by atoms with Crippen LogP contribution < -0.4 is 9.80 Å². The number of ether oxygens (including phenoxy) is 1. The van der Waals surface area contributed by atoms with Crippen molar-refractivity contribution in [3.8, 4) is 0 Å². The fourth-order valence-corrected chi connectivity index (χ4v) is 4.52. The van der Waals surface area contributed by atoms with Crippen molar-refractivity contribution < 1.29 is 13.9 Å². The van der Waals surface area contributed by atoms with Crippen LogP contribution in [0.15, 0.2) is 24.3 Å². The largest absolute Gasteiger partial charge is 0.378 e. The van der Waals surface area contributed by atoms with E-state index < -0.39 is 0 Å². The van der Waals surface area contributed by atoms with Crippen molar-refractivity contribution in [1.29, 1.82) is 0 Å². The van der Waals surface area contributed by atoms with Gasteiger partial charge >= 0.3 is 0 Å². The van der Waals surface area contributed by atoms with Crippen LogP contribution in [-0.2, 0) is 17.7 Å². The third-order valence-corrected chi connectivity index (χ3v) is 6.50. The summed E-state index contributed by atoms with van der Waals surface area (Å²) in [4.78, 5) is 31.7. The molecule has 2 fully saturated rings. The molecular weight excluding hydrogens is 411 g/mol. The van der Waals surface area contributed by atoms with Gasteiger partial charge in [0.25, 0.3) is 5.91 Å². The Hall–Kier alpha value is -2.78. The molecule has 9 heteroatoms. The highest BCUT2D eigenvalue weighted by atomic mass is 19.1. The number of likely N-dealkylation sites (N-methyl/N-ethyl adjacent to an activating group) is 1. The van der Waals surface area contributed by atoms with Gasteiger partial charge in [-0.1, -0.05) is 0 Å². The summed E-state index contributed by atoms with van der Waals surface area (Å²) in [6.07, 6.45) is 0.683. The number of hydrogen-bond donors (Lipinski definition) is 0. The zero-order chi connectivity index (χ0) is 22.1. The Morgan fingerprint density at radius 1 is 0.938 bits per heavy atom. The Balaban J connectivity index is 1.45. The molecule has 0 radical (unpaired) electrons. The van der Waals surface area contributed by atoms with E-state index in [4.69, 9.17) is 14.7 Å². The maximum absolute atomic E-state index is 13.3. The summed E-state index contributed by atoms with van der Waals surface area (Å²) in [6, 6.07) is 5.75. The lowest BCUT2D eigenvalue weighted by Gasteiger charge is -2.37. The van der Waals surface area contributed by atoms with Gasteiger partial charge in [0.1, 0.15) is 11.6 Å². The third-order valence-electron chi connectivity index (χ3n) is 6.50. The Kier molecular flexibility index (Phi) is 5.93. The Morgan fingerprint density at radius 2 is 1.66 bits per heavy atom. The van der Waals surface area contributed by atoms with Crippen molar-refractivity contribution >= 4 is 17.7 Å². The van der Waals surface area contributed by atoms with Crippen molar-refractivity contribution in [2.24, 2.45) is 0 Å². The molecule has 0 spiro atoms. The van der Waals surface area contributed by atoms with Crippen molar-refractivity contribution in [2.75, 3.05) is 75.9 Å². The van der Waals surface area contributed by atoms with E-state index in [1.807, 2.05) is 4.90 Å². The van der Waals surface area contributed by atoms with Gasteiger partial charge in [-0.15, -0.1) is 0 Å². The number of fused-ring (bicyclic) bond motifs is 1. The SMILES string of the molecule is CN1CCN(c2nc3c(c(N4CCOCC4)n2)CN(C(=O)c2ccc(F)cc2)CC3)CC1. The topological polar surface area (TPSA) is 65.0 Å². The van der Waals surface area contributed by atoms with Crippen LogP contribution in [0.25, 0.3) is 0 Å². The monoisotopic (exact) mass is 440 g/mol. The van der Waals surface area contributed by atoms with E-state index in [1.165, 1.54) is 12.1 Å². The molecule has 0 N–H and O–H groups in total. The second-order valence-corrected chi connectivity index (χ2v) is 8.65. The molecule has 0 atom stereocenters. The molecule has 3 aliphatic rings. The average molecular weight is 441 g/mol. The summed E-state index contributed by atoms with van der Waals surface area (Å²) in [5.74, 6) is 1.28. The summed E-state index contributed by atoms with van der Waals surface area (Å²) in [5, 5.41) is 0. The first-order chi connectivity index (χ1) is 15.6. The predicted molar refractivity (Wildman–Crippen MR) is 120 cm³/mol. The van der Waals surface area contributed by atoms with Crippen LogP contribution in [0, 0.1) is 5.82 Å². The van der Waals surface area contributed by atoms with E-state index >= 15 is 0 Å². The molecular formula is C23H29FN6O2. The normalized spacial score (nSPS) is 19.8. The molecule has 8 nitrogen and oxygen atoms in total. The first-order valence-corrected chi connectivity index (χ1v) is 11.3. The lowest BCUT2D eigenvalue weighted by Crippen LogP contribution is -2.46. The van der Waals surface area contributed by atoms with Crippen LogP contribution in [-0.4, -0.2) is 91.7 Å². The summed E-state index contributed by atoms with van der Waals surface area (Å²) >= 11 is 0. The van der Waals surface area contributed by atoms with Gasteiger partial charge in [0.15, 0.2) is 0 Å². The van der Waals surface area contributed by atoms with Crippen LogP contribution in [0.3, 0.4) is 0 Å². The lowest BCUT2D eigenvalue weighted by atomic mass is 10.0. The maximum atomic E-state index is 13.3. The molecule has 0 saturated carbocycles. The number of carbonyl (C=O) groups excluding carboxylic acids is 1. The number of hydrogen-bond acceptors (Lipinski definition) is 7. The van der Waals surface area contributed by atoms with Crippen molar-refractivity contribution in [2.45, 2.75) is 13.0 Å². The van der Waals surface area contributed by atoms with Gasteiger partial charge < -0.3 is 24.3 Å². The molecule has 0 bridgehead atoms. The molecule has 2 saturated heterocycles. The van der Waals surface area contributed by atoms with Crippen LogP contribution in [0.4, 0.5) is 16.2 Å². The zero-order valence-corrected chi connectivity index (χ0v) is 18.5. The van der Waals surface area contributed by atoms with Gasteiger partial charge in [-0.3, -0.25) is 4.79 Å². The molecule has 32 heavy (non-hydrogen) atoms. The molecule has 5 rings (SSSR count). The first kappa shape index (κ1) is 21.1. The molecule has 2 aromatic rings. The van der Waals surface area contributed by atoms with Crippen molar-refractivity contribution in [3.05, 3.63) is 46.9 Å². The summed E-state index contributed by atoms with van der Waals surface area (Å²) in [5.41, 5.74) is 2.54. The molecule has 1 aromatic heterocycles. The number of carbonyl (C=O) groups is 1. The number of aromatic nitrogens is 2. The van der Waals surface area contributed by atoms with Gasteiger partial charge in [0, 0.05) is 63.4 Å². The third kappa shape index (κ3) is 4.27. The number of rotatable bonds is 3. The van der Waals surface area contributed by atoms with Gasteiger partial charge in [-0.2, -0.15) is 4.98 Å². The molecule has 4 heterocycles. The number of nitrogens with zero attached hydrogens (tertiary/aromatic N) is 6.